The molecule has 1 rings (SSSR count). The Morgan fingerprint density at radius 2 is 1.70 bits per heavy atom. The van der Waals surface area contributed by atoms with Crippen LogP contribution in [0.2, 0.25) is 0 Å². The molecule has 0 fully saturated rings. The number of rotatable bonds is 0. The molecule has 0 saturated carbocycles. The van der Waals surface area contributed by atoms with E-state index in [4.69, 9.17) is 0 Å². The molecular weight excluding hydrogens is 240 g/mol. The van der Waals surface area contributed by atoms with Crippen molar-refractivity contribution in [1.29, 1.82) is 0 Å². The molecule has 1 aliphatic carbocycles. The van der Waals surface area contributed by atoms with Gasteiger partial charge in [-0.2, -0.15) is 6.08 Å². The molecule has 0 aromatic heterocycles. The topological polar surface area (TPSA) is 0 Å². The first-order valence-electron chi connectivity index (χ1n) is 1.72. The number of hydrogen-bond donors (Lipinski definition) is 0. The van der Waals surface area contributed by atoms with Crippen molar-refractivity contribution in [2.45, 2.75) is 6.42 Å². The van der Waals surface area contributed by atoms with Gasteiger partial charge >= 0.3 is 21.7 Å². The summed E-state index contributed by atoms with van der Waals surface area (Å²) in [6, 6.07) is 0. The summed E-state index contributed by atoms with van der Waals surface area (Å²) >= 11 is 0. The van der Waals surface area contributed by atoms with Gasteiger partial charge in [0.15, 0.2) is 0 Å². The summed E-state index contributed by atoms with van der Waals surface area (Å²) in [5.41, 5.74) is 0. The third-order valence-corrected chi connectivity index (χ3v) is 0.586. The Balaban J connectivity index is -0.0000000167. The van der Waals surface area contributed by atoms with Gasteiger partial charge in [-0.25, -0.2) is 12.2 Å². The molecule has 3 heteroatoms. The SMILES string of the molecule is Br.[C-]1=CC=CC1.[CH3-].[CH3-].[SiH3].[Ti+3]. The fourth-order valence-corrected chi connectivity index (χ4v) is 0.340. The van der Waals surface area contributed by atoms with Crippen molar-refractivity contribution in [3.05, 3.63) is 39.2 Å². The fraction of sp³-hybridized carbons (Fsp3) is 0.143. The standard InChI is InChI=1S/C5H5.2CH3.BrH.H3Si.Ti/c1-2-4-5-3-1;;;;;/h1-3H,4H2;2*1H3;1H;1H3;/q3*-1;;;+3. The van der Waals surface area contributed by atoms with Gasteiger partial charge in [-0.1, -0.05) is 0 Å². The Bertz CT molecular complexity index is 71.7. The van der Waals surface area contributed by atoms with E-state index in [1.807, 2.05) is 12.2 Å². The quantitative estimate of drug-likeness (QED) is 0.455. The average Bonchev–Trinajstić information content (AvgIpc) is 1.76. The van der Waals surface area contributed by atoms with Crippen molar-refractivity contribution in [1.82, 2.24) is 0 Å². The van der Waals surface area contributed by atoms with E-state index < -0.39 is 0 Å². The Hall–Kier alpha value is 0.891. The first-order chi connectivity index (χ1) is 2.50. The maximum Gasteiger partial charge on any atom is 3.00 e. The summed E-state index contributed by atoms with van der Waals surface area (Å²) in [6.45, 7) is 0. The zero-order chi connectivity index (χ0) is 3.54. The maximum atomic E-state index is 2.99. The van der Waals surface area contributed by atoms with Crippen LogP contribution in [0, 0.1) is 20.9 Å². The van der Waals surface area contributed by atoms with Crippen LogP contribution in [0.3, 0.4) is 0 Å². The van der Waals surface area contributed by atoms with Gasteiger partial charge in [0.2, 0.25) is 0 Å². The summed E-state index contributed by atoms with van der Waals surface area (Å²) in [7, 11) is 0. The Morgan fingerprint density at radius 1 is 1.20 bits per heavy atom. The van der Waals surface area contributed by atoms with E-state index in [2.05, 4.69) is 12.2 Å². The minimum absolute atomic E-state index is 0. The van der Waals surface area contributed by atoms with Crippen molar-refractivity contribution in [3.63, 3.8) is 0 Å². The van der Waals surface area contributed by atoms with E-state index in [0.717, 1.165) is 6.42 Å². The Labute approximate surface area is 94.8 Å². The minimum atomic E-state index is 0. The zero-order valence-electron chi connectivity index (χ0n) is 6.85. The van der Waals surface area contributed by atoms with E-state index in [1.54, 1.807) is 0 Å². The average molecular weight is 255 g/mol. The molecule has 0 aromatic carbocycles. The van der Waals surface area contributed by atoms with Crippen LogP contribution in [-0.2, 0) is 21.7 Å². The van der Waals surface area contributed by atoms with Crippen LogP contribution in [0.5, 0.6) is 0 Å². The molecule has 2 radical (unpaired) electrons. The second-order valence-corrected chi connectivity index (χ2v) is 1.00. The summed E-state index contributed by atoms with van der Waals surface area (Å²) in [6.07, 6.45) is 10.0. The van der Waals surface area contributed by atoms with Crippen LogP contribution in [0.25, 0.3) is 0 Å². The molecule has 0 atom stereocenters. The summed E-state index contributed by atoms with van der Waals surface area (Å²) in [5.74, 6) is 0. The largest absolute Gasteiger partial charge is 3.00 e. The van der Waals surface area contributed by atoms with E-state index in [1.165, 1.54) is 0 Å². The van der Waals surface area contributed by atoms with Gasteiger partial charge < -0.3 is 14.9 Å². The molecule has 0 unspecified atom stereocenters. The molecule has 0 N–H and O–H groups in total. The van der Waals surface area contributed by atoms with Gasteiger partial charge in [-0.05, 0) is 11.0 Å². The van der Waals surface area contributed by atoms with Crippen molar-refractivity contribution >= 4 is 27.9 Å². The molecule has 0 aliphatic heterocycles. The van der Waals surface area contributed by atoms with Crippen LogP contribution in [0.1, 0.15) is 6.42 Å². The normalized spacial score (nSPS) is 8.80. The van der Waals surface area contributed by atoms with Crippen molar-refractivity contribution in [2.75, 3.05) is 0 Å². The number of allylic oxidation sites excluding steroid dienone is 4. The molecule has 0 aromatic rings. The second-order valence-electron chi connectivity index (χ2n) is 1.00. The van der Waals surface area contributed by atoms with Crippen molar-refractivity contribution in [3.8, 4) is 0 Å². The molecule has 0 saturated heterocycles. The molecule has 0 spiro atoms. The van der Waals surface area contributed by atoms with E-state index in [-0.39, 0.29) is 64.5 Å². The molecule has 0 heterocycles. The van der Waals surface area contributed by atoms with Crippen LogP contribution < -0.4 is 0 Å². The molecule has 58 valence electrons. The Kier molecular flexibility index (Phi) is 69.2. The summed E-state index contributed by atoms with van der Waals surface area (Å²) < 4.78 is 0. The van der Waals surface area contributed by atoms with Gasteiger partial charge in [0.05, 0.1) is 0 Å². The molecule has 1 aliphatic rings. The maximum absolute atomic E-state index is 2.99. The van der Waals surface area contributed by atoms with Gasteiger partial charge in [-0.15, -0.1) is 23.4 Å². The molecular formula is C7H15BrSiTi. The molecule has 0 bridgehead atoms. The smallest absolute Gasteiger partial charge is 0.358 e. The van der Waals surface area contributed by atoms with Crippen molar-refractivity contribution in [2.24, 2.45) is 0 Å². The van der Waals surface area contributed by atoms with Gasteiger partial charge in [-0.3, -0.25) is 6.08 Å². The van der Waals surface area contributed by atoms with E-state index in [9.17, 15) is 0 Å². The van der Waals surface area contributed by atoms with Crippen LogP contribution >= 0.6 is 17.0 Å². The zero-order valence-corrected chi connectivity index (χ0v) is 12.1. The summed E-state index contributed by atoms with van der Waals surface area (Å²) in [5, 5.41) is 0. The fourth-order valence-electron chi connectivity index (χ4n) is 0.340. The molecule has 0 amide bonds. The predicted octanol–water partition coefficient (Wildman–Crippen LogP) is 1.60. The monoisotopic (exact) mass is 254 g/mol. The summed E-state index contributed by atoms with van der Waals surface area (Å²) in [4.78, 5) is 0. The first-order valence-corrected chi connectivity index (χ1v) is 1.72. The van der Waals surface area contributed by atoms with Gasteiger partial charge in [0.1, 0.15) is 0 Å². The van der Waals surface area contributed by atoms with E-state index >= 15 is 0 Å². The van der Waals surface area contributed by atoms with Gasteiger partial charge in [0, 0.05) is 0 Å². The van der Waals surface area contributed by atoms with E-state index in [0.29, 0.717) is 0 Å². The molecule has 0 nitrogen and oxygen atoms in total. The molecule has 10 heavy (non-hydrogen) atoms. The predicted molar refractivity (Wildman–Crippen MR) is 54.7 cm³/mol. The second kappa shape index (κ2) is 22.5. The van der Waals surface area contributed by atoms with Crippen molar-refractivity contribution < 1.29 is 21.7 Å². The van der Waals surface area contributed by atoms with Crippen LogP contribution in [0.15, 0.2) is 18.2 Å². The third kappa shape index (κ3) is 16.0. The minimum Gasteiger partial charge on any atom is -0.358 e. The number of halogens is 1. The number of hydrogen-bond acceptors (Lipinski definition) is 0. The third-order valence-electron chi connectivity index (χ3n) is 0.586. The van der Waals surface area contributed by atoms with Crippen LogP contribution in [-0.4, -0.2) is 11.0 Å². The van der Waals surface area contributed by atoms with Gasteiger partial charge in [0.25, 0.3) is 0 Å². The van der Waals surface area contributed by atoms with Crippen LogP contribution in [0.4, 0.5) is 0 Å². The first kappa shape index (κ1) is 30.7. The Morgan fingerprint density at radius 3 is 1.80 bits per heavy atom.